The van der Waals surface area contributed by atoms with Gasteiger partial charge in [0, 0.05) is 24.2 Å². The van der Waals surface area contributed by atoms with Gasteiger partial charge in [0.05, 0.1) is 6.04 Å². The second-order valence-corrected chi connectivity index (χ2v) is 5.10. The van der Waals surface area contributed by atoms with Crippen LogP contribution in [-0.4, -0.2) is 34.9 Å². The number of amides is 2. The van der Waals surface area contributed by atoms with Crippen LogP contribution in [0.15, 0.2) is 30.6 Å². The first kappa shape index (κ1) is 16.3. The molecule has 1 heterocycles. The van der Waals surface area contributed by atoms with Gasteiger partial charge in [-0.2, -0.15) is 5.10 Å². The minimum absolute atomic E-state index is 0.274. The van der Waals surface area contributed by atoms with Gasteiger partial charge in [-0.05, 0) is 13.0 Å². The molecule has 0 aliphatic carbocycles. The largest absolute Gasteiger partial charge is 0.375 e. The van der Waals surface area contributed by atoms with Crippen molar-refractivity contribution in [1.29, 1.82) is 0 Å². The first-order valence-electron chi connectivity index (χ1n) is 6.78. The fourth-order valence-electron chi connectivity index (χ4n) is 1.98. The first-order valence-corrected chi connectivity index (χ1v) is 7.16. The quantitative estimate of drug-likeness (QED) is 0.760. The van der Waals surface area contributed by atoms with E-state index in [0.29, 0.717) is 17.4 Å². The van der Waals surface area contributed by atoms with Crippen molar-refractivity contribution in [3.8, 4) is 0 Å². The molecule has 1 aromatic carbocycles. The molecule has 0 fully saturated rings. The van der Waals surface area contributed by atoms with E-state index in [2.05, 4.69) is 25.8 Å². The normalized spacial score (nSPS) is 13.4. The summed E-state index contributed by atoms with van der Waals surface area (Å²) in [6.07, 6.45) is 1.07. The summed E-state index contributed by atoms with van der Waals surface area (Å²) in [4.78, 5) is 15.9. The maximum Gasteiger partial charge on any atom is 0.315 e. The van der Waals surface area contributed by atoms with E-state index in [1.54, 1.807) is 13.2 Å². The fourth-order valence-corrected chi connectivity index (χ4v) is 2.24. The Bertz CT molecular complexity index is 605. The van der Waals surface area contributed by atoms with Crippen LogP contribution in [-0.2, 0) is 4.74 Å². The number of H-pyrrole nitrogens is 1. The number of nitrogens with one attached hydrogen (secondary N) is 3. The molecule has 2 amide bonds. The van der Waals surface area contributed by atoms with E-state index in [-0.39, 0.29) is 18.2 Å². The SMILES string of the molecule is CO[C@@H](CNC(=O)N[C@@H](C)c1ncn[nH]1)c1ccccc1Cl. The van der Waals surface area contributed by atoms with Crippen LogP contribution >= 0.6 is 11.6 Å². The molecule has 0 radical (unpaired) electrons. The van der Waals surface area contributed by atoms with Crippen molar-refractivity contribution in [3.05, 3.63) is 47.0 Å². The third-order valence-electron chi connectivity index (χ3n) is 3.18. The number of hydrogen-bond acceptors (Lipinski definition) is 4. The van der Waals surface area contributed by atoms with Crippen molar-refractivity contribution >= 4 is 17.6 Å². The Kier molecular flexibility index (Phi) is 5.74. The highest BCUT2D eigenvalue weighted by Gasteiger charge is 2.16. The highest BCUT2D eigenvalue weighted by molar-refractivity contribution is 6.31. The summed E-state index contributed by atoms with van der Waals surface area (Å²) < 4.78 is 5.39. The number of ether oxygens (including phenoxy) is 1. The van der Waals surface area contributed by atoms with Gasteiger partial charge >= 0.3 is 6.03 Å². The van der Waals surface area contributed by atoms with Gasteiger partial charge in [-0.25, -0.2) is 9.78 Å². The minimum Gasteiger partial charge on any atom is -0.375 e. The van der Waals surface area contributed by atoms with E-state index in [0.717, 1.165) is 5.56 Å². The van der Waals surface area contributed by atoms with E-state index in [4.69, 9.17) is 16.3 Å². The fraction of sp³-hybridized carbons (Fsp3) is 0.357. The smallest absolute Gasteiger partial charge is 0.315 e. The number of methoxy groups -OCH3 is 1. The van der Waals surface area contributed by atoms with Crippen LogP contribution in [0.1, 0.15) is 30.5 Å². The second kappa shape index (κ2) is 7.77. The second-order valence-electron chi connectivity index (χ2n) is 4.69. The molecule has 22 heavy (non-hydrogen) atoms. The van der Waals surface area contributed by atoms with E-state index in [1.807, 2.05) is 25.1 Å². The van der Waals surface area contributed by atoms with Gasteiger partial charge in [0.25, 0.3) is 0 Å². The predicted molar refractivity (Wildman–Crippen MR) is 82.5 cm³/mol. The predicted octanol–water partition coefficient (Wildman–Crippen LogP) is 2.21. The van der Waals surface area contributed by atoms with Crippen LogP contribution in [0.3, 0.4) is 0 Å². The highest BCUT2D eigenvalue weighted by Crippen LogP contribution is 2.24. The Balaban J connectivity index is 1.88. The lowest BCUT2D eigenvalue weighted by molar-refractivity contribution is 0.104. The molecule has 8 heteroatoms. The Morgan fingerprint density at radius 3 is 2.86 bits per heavy atom. The summed E-state index contributed by atoms with van der Waals surface area (Å²) >= 11 is 6.14. The molecule has 0 aliphatic rings. The molecule has 0 unspecified atom stereocenters. The molecule has 118 valence electrons. The summed E-state index contributed by atoms with van der Waals surface area (Å²) in [7, 11) is 1.57. The Hall–Kier alpha value is -2.12. The van der Waals surface area contributed by atoms with Crippen LogP contribution in [0.25, 0.3) is 0 Å². The minimum atomic E-state index is -0.321. The summed E-state index contributed by atoms with van der Waals surface area (Å²) in [6.45, 7) is 2.11. The summed E-state index contributed by atoms with van der Waals surface area (Å²) in [5, 5.41) is 12.6. The van der Waals surface area contributed by atoms with Crippen molar-refractivity contribution < 1.29 is 9.53 Å². The van der Waals surface area contributed by atoms with E-state index < -0.39 is 0 Å². The molecule has 0 aliphatic heterocycles. The average molecular weight is 324 g/mol. The third-order valence-corrected chi connectivity index (χ3v) is 3.52. The van der Waals surface area contributed by atoms with Gasteiger partial charge in [0.2, 0.25) is 0 Å². The van der Waals surface area contributed by atoms with Crippen molar-refractivity contribution in [3.63, 3.8) is 0 Å². The standard InChI is InChI=1S/C14H18ClN5O2/c1-9(13-17-8-18-20-13)19-14(21)16-7-12(22-2)10-5-3-4-6-11(10)15/h3-6,8-9,12H,7H2,1-2H3,(H2,16,19,21)(H,17,18,20)/t9-,12-/m0/s1. The Morgan fingerprint density at radius 1 is 1.45 bits per heavy atom. The number of hydrogen-bond donors (Lipinski definition) is 3. The number of halogens is 1. The molecule has 0 spiro atoms. The van der Waals surface area contributed by atoms with Crippen LogP contribution in [0, 0.1) is 0 Å². The van der Waals surface area contributed by atoms with E-state index in [9.17, 15) is 4.79 Å². The molecule has 7 nitrogen and oxygen atoms in total. The summed E-state index contributed by atoms with van der Waals surface area (Å²) in [5.74, 6) is 0.588. The van der Waals surface area contributed by atoms with Crippen LogP contribution in [0.2, 0.25) is 5.02 Å². The van der Waals surface area contributed by atoms with Crippen LogP contribution in [0.4, 0.5) is 4.79 Å². The van der Waals surface area contributed by atoms with Gasteiger partial charge in [0.1, 0.15) is 18.3 Å². The van der Waals surface area contributed by atoms with E-state index in [1.165, 1.54) is 6.33 Å². The Labute approximate surface area is 133 Å². The summed E-state index contributed by atoms with van der Waals surface area (Å²) in [5.41, 5.74) is 0.829. The molecule has 0 saturated carbocycles. The topological polar surface area (TPSA) is 91.9 Å². The lowest BCUT2D eigenvalue weighted by Gasteiger charge is -2.19. The number of aromatic amines is 1. The molecular formula is C14H18ClN5O2. The molecule has 0 bridgehead atoms. The maximum absolute atomic E-state index is 11.9. The molecule has 3 N–H and O–H groups in total. The number of urea groups is 1. The van der Waals surface area contributed by atoms with Gasteiger partial charge in [0.15, 0.2) is 0 Å². The lowest BCUT2D eigenvalue weighted by atomic mass is 10.1. The van der Waals surface area contributed by atoms with Gasteiger partial charge < -0.3 is 15.4 Å². The van der Waals surface area contributed by atoms with E-state index >= 15 is 0 Å². The number of rotatable bonds is 6. The number of benzene rings is 1. The first-order chi connectivity index (χ1) is 10.6. The van der Waals surface area contributed by atoms with Crippen LogP contribution < -0.4 is 10.6 Å². The monoisotopic (exact) mass is 323 g/mol. The summed E-state index contributed by atoms with van der Waals surface area (Å²) in [6, 6.07) is 6.78. The molecule has 2 rings (SSSR count). The zero-order valence-corrected chi connectivity index (χ0v) is 13.1. The van der Waals surface area contributed by atoms with Crippen molar-refractivity contribution in [2.24, 2.45) is 0 Å². The molecule has 0 saturated heterocycles. The maximum atomic E-state index is 11.9. The van der Waals surface area contributed by atoms with Crippen molar-refractivity contribution in [2.75, 3.05) is 13.7 Å². The van der Waals surface area contributed by atoms with Crippen molar-refractivity contribution in [1.82, 2.24) is 25.8 Å². The number of carbonyl (C=O) groups is 1. The van der Waals surface area contributed by atoms with Crippen LogP contribution in [0.5, 0.6) is 0 Å². The molecule has 1 aromatic heterocycles. The zero-order chi connectivity index (χ0) is 15.9. The average Bonchev–Trinajstić information content (AvgIpc) is 3.04. The molecule has 2 atom stereocenters. The van der Waals surface area contributed by atoms with Crippen molar-refractivity contribution in [2.45, 2.75) is 19.1 Å². The Morgan fingerprint density at radius 2 is 2.23 bits per heavy atom. The van der Waals surface area contributed by atoms with Gasteiger partial charge in [-0.15, -0.1) is 0 Å². The third kappa shape index (κ3) is 4.19. The number of nitrogens with zero attached hydrogens (tertiary/aromatic N) is 2. The van der Waals surface area contributed by atoms with Gasteiger partial charge in [-0.1, -0.05) is 29.8 Å². The molecule has 2 aromatic rings. The van der Waals surface area contributed by atoms with Gasteiger partial charge in [-0.3, -0.25) is 5.10 Å². The zero-order valence-electron chi connectivity index (χ0n) is 12.3. The number of aromatic nitrogens is 3. The highest BCUT2D eigenvalue weighted by atomic mass is 35.5. The lowest BCUT2D eigenvalue weighted by Crippen LogP contribution is -2.39. The number of carbonyl (C=O) groups excluding carboxylic acids is 1. The molecular weight excluding hydrogens is 306 g/mol.